The van der Waals surface area contributed by atoms with Crippen molar-refractivity contribution in [3.63, 3.8) is 0 Å². The predicted octanol–water partition coefficient (Wildman–Crippen LogP) is 2.94. The maximum absolute atomic E-state index is 11.5. The lowest BCUT2D eigenvalue weighted by atomic mass is 10.1. The Hall–Kier alpha value is -1.35. The van der Waals surface area contributed by atoms with E-state index in [2.05, 4.69) is 6.92 Å². The summed E-state index contributed by atoms with van der Waals surface area (Å²) < 4.78 is 10.3. The molecule has 0 fully saturated rings. The first-order chi connectivity index (χ1) is 8.27. The van der Waals surface area contributed by atoms with E-state index in [0.717, 1.165) is 24.8 Å². The van der Waals surface area contributed by atoms with E-state index >= 15 is 0 Å². The molecule has 0 aliphatic heterocycles. The van der Waals surface area contributed by atoms with E-state index in [0.29, 0.717) is 6.61 Å². The molecule has 1 aromatic carbocycles. The van der Waals surface area contributed by atoms with Crippen molar-refractivity contribution < 1.29 is 14.3 Å². The Bertz CT molecular complexity index is 321. The zero-order chi connectivity index (χ0) is 12.5. The minimum Gasteiger partial charge on any atom is -0.467 e. The molecule has 0 aliphatic rings. The predicted molar refractivity (Wildman–Crippen MR) is 66.6 cm³/mol. The Morgan fingerprint density at radius 2 is 2.00 bits per heavy atom. The molecule has 0 aromatic heterocycles. The van der Waals surface area contributed by atoms with Crippen molar-refractivity contribution >= 4 is 5.97 Å². The van der Waals surface area contributed by atoms with Crippen LogP contribution in [0, 0.1) is 0 Å². The number of ether oxygens (including phenoxy) is 2. The Kier molecular flexibility index (Phi) is 6.33. The van der Waals surface area contributed by atoms with Crippen LogP contribution in [-0.2, 0) is 20.9 Å². The van der Waals surface area contributed by atoms with Crippen molar-refractivity contribution in [2.24, 2.45) is 0 Å². The van der Waals surface area contributed by atoms with Gasteiger partial charge in [-0.25, -0.2) is 4.79 Å². The summed E-state index contributed by atoms with van der Waals surface area (Å²) in [7, 11) is 1.40. The maximum atomic E-state index is 11.5. The van der Waals surface area contributed by atoms with E-state index < -0.39 is 6.10 Å². The minimum absolute atomic E-state index is 0.283. The van der Waals surface area contributed by atoms with Crippen LogP contribution in [0.15, 0.2) is 30.3 Å². The molecule has 3 nitrogen and oxygen atoms in total. The molecule has 0 aliphatic carbocycles. The van der Waals surface area contributed by atoms with E-state index in [1.54, 1.807) is 0 Å². The van der Waals surface area contributed by atoms with Crippen LogP contribution >= 0.6 is 0 Å². The molecule has 0 N–H and O–H groups in total. The molecule has 0 spiro atoms. The van der Waals surface area contributed by atoms with E-state index in [4.69, 9.17) is 9.47 Å². The number of hydrogen-bond acceptors (Lipinski definition) is 3. The first-order valence-electron chi connectivity index (χ1n) is 6.01. The second-order valence-electron chi connectivity index (χ2n) is 3.95. The highest BCUT2D eigenvalue weighted by atomic mass is 16.6. The van der Waals surface area contributed by atoms with Crippen molar-refractivity contribution in [1.29, 1.82) is 0 Å². The second-order valence-corrected chi connectivity index (χ2v) is 3.95. The van der Waals surface area contributed by atoms with E-state index in [-0.39, 0.29) is 5.97 Å². The monoisotopic (exact) mass is 236 g/mol. The van der Waals surface area contributed by atoms with Crippen LogP contribution in [-0.4, -0.2) is 19.2 Å². The fourth-order valence-corrected chi connectivity index (χ4v) is 1.56. The molecule has 0 saturated carbocycles. The maximum Gasteiger partial charge on any atom is 0.334 e. The van der Waals surface area contributed by atoms with E-state index in [9.17, 15) is 4.79 Å². The smallest absolute Gasteiger partial charge is 0.334 e. The molecule has 1 aromatic rings. The number of benzene rings is 1. The van der Waals surface area contributed by atoms with Gasteiger partial charge >= 0.3 is 5.97 Å². The van der Waals surface area contributed by atoms with Crippen molar-refractivity contribution in [1.82, 2.24) is 0 Å². The average molecular weight is 236 g/mol. The van der Waals surface area contributed by atoms with Gasteiger partial charge in [-0.1, -0.05) is 50.1 Å². The van der Waals surface area contributed by atoms with Gasteiger partial charge in [-0.15, -0.1) is 0 Å². The topological polar surface area (TPSA) is 35.5 Å². The summed E-state index contributed by atoms with van der Waals surface area (Å²) in [4.78, 5) is 11.5. The van der Waals surface area contributed by atoms with Gasteiger partial charge < -0.3 is 9.47 Å². The summed E-state index contributed by atoms with van der Waals surface area (Å²) in [6, 6.07) is 9.83. The molecule has 1 atom stereocenters. The Labute approximate surface area is 103 Å². The number of methoxy groups -OCH3 is 1. The van der Waals surface area contributed by atoms with Gasteiger partial charge in [-0.05, 0) is 12.0 Å². The molecule has 0 radical (unpaired) electrons. The standard InChI is InChI=1S/C14H20O3/c1-3-4-10-13(14(15)16-2)17-11-12-8-6-5-7-9-12/h5-9,13H,3-4,10-11H2,1-2H3. The molecular formula is C14H20O3. The molecule has 3 heteroatoms. The largest absolute Gasteiger partial charge is 0.467 e. The highest BCUT2D eigenvalue weighted by molar-refractivity contribution is 5.74. The van der Waals surface area contributed by atoms with Gasteiger partial charge in [0, 0.05) is 0 Å². The van der Waals surface area contributed by atoms with Gasteiger partial charge in [0.2, 0.25) is 0 Å². The summed E-state index contributed by atoms with van der Waals surface area (Å²) in [6.07, 6.45) is 2.28. The third-order valence-electron chi connectivity index (χ3n) is 2.58. The van der Waals surface area contributed by atoms with Crippen LogP contribution in [0.4, 0.5) is 0 Å². The first-order valence-corrected chi connectivity index (χ1v) is 6.01. The molecular weight excluding hydrogens is 216 g/mol. The average Bonchev–Trinajstić information content (AvgIpc) is 2.39. The Morgan fingerprint density at radius 3 is 2.59 bits per heavy atom. The summed E-state index contributed by atoms with van der Waals surface area (Å²) in [5, 5.41) is 0. The van der Waals surface area contributed by atoms with Crippen molar-refractivity contribution in [2.45, 2.75) is 38.9 Å². The number of carbonyl (C=O) groups excluding carboxylic acids is 1. The highest BCUT2D eigenvalue weighted by Gasteiger charge is 2.18. The first kappa shape index (κ1) is 13.7. The zero-order valence-corrected chi connectivity index (χ0v) is 10.5. The summed E-state index contributed by atoms with van der Waals surface area (Å²) >= 11 is 0. The molecule has 0 saturated heterocycles. The SMILES string of the molecule is CCCCC(OCc1ccccc1)C(=O)OC. The van der Waals surface area contributed by atoms with Gasteiger partial charge in [-0.2, -0.15) is 0 Å². The molecule has 94 valence electrons. The van der Waals surface area contributed by atoms with Crippen molar-refractivity contribution in [3.8, 4) is 0 Å². The van der Waals surface area contributed by atoms with E-state index in [1.165, 1.54) is 7.11 Å². The minimum atomic E-state index is -0.444. The molecule has 0 heterocycles. The number of hydrogen-bond donors (Lipinski definition) is 0. The van der Waals surface area contributed by atoms with Gasteiger partial charge in [0.05, 0.1) is 13.7 Å². The number of esters is 1. The van der Waals surface area contributed by atoms with Crippen LogP contribution in [0.3, 0.4) is 0 Å². The third kappa shape index (κ3) is 5.00. The van der Waals surface area contributed by atoms with Crippen LogP contribution in [0.5, 0.6) is 0 Å². The van der Waals surface area contributed by atoms with Crippen LogP contribution in [0.2, 0.25) is 0 Å². The lowest BCUT2D eigenvalue weighted by molar-refractivity contribution is -0.155. The molecule has 17 heavy (non-hydrogen) atoms. The highest BCUT2D eigenvalue weighted by Crippen LogP contribution is 2.10. The van der Waals surface area contributed by atoms with Crippen molar-refractivity contribution in [3.05, 3.63) is 35.9 Å². The molecule has 0 amide bonds. The zero-order valence-electron chi connectivity index (χ0n) is 10.5. The number of rotatable bonds is 7. The van der Waals surface area contributed by atoms with Gasteiger partial charge in [0.15, 0.2) is 6.10 Å². The fourth-order valence-electron chi connectivity index (χ4n) is 1.56. The Morgan fingerprint density at radius 1 is 1.29 bits per heavy atom. The van der Waals surface area contributed by atoms with E-state index in [1.807, 2.05) is 30.3 Å². The lowest BCUT2D eigenvalue weighted by Gasteiger charge is -2.15. The van der Waals surface area contributed by atoms with Crippen LogP contribution in [0.25, 0.3) is 0 Å². The number of unbranched alkanes of at least 4 members (excludes halogenated alkanes) is 1. The number of carbonyl (C=O) groups is 1. The Balaban J connectivity index is 2.46. The fraction of sp³-hybridized carbons (Fsp3) is 0.500. The van der Waals surface area contributed by atoms with Crippen LogP contribution in [0.1, 0.15) is 31.7 Å². The summed E-state index contributed by atoms with van der Waals surface area (Å²) in [6.45, 7) is 2.54. The van der Waals surface area contributed by atoms with Crippen molar-refractivity contribution in [2.75, 3.05) is 7.11 Å². The normalized spacial score (nSPS) is 12.1. The van der Waals surface area contributed by atoms with Crippen LogP contribution < -0.4 is 0 Å². The molecule has 0 bridgehead atoms. The molecule has 1 rings (SSSR count). The third-order valence-corrected chi connectivity index (χ3v) is 2.58. The van der Waals surface area contributed by atoms with Gasteiger partial charge in [0.25, 0.3) is 0 Å². The summed E-state index contributed by atoms with van der Waals surface area (Å²) in [5.41, 5.74) is 1.07. The second kappa shape index (κ2) is 7.85. The van der Waals surface area contributed by atoms with Gasteiger partial charge in [0.1, 0.15) is 0 Å². The lowest BCUT2D eigenvalue weighted by Crippen LogP contribution is -2.25. The summed E-state index contributed by atoms with van der Waals surface area (Å²) in [5.74, 6) is -0.283. The molecule has 1 unspecified atom stereocenters. The van der Waals surface area contributed by atoms with Gasteiger partial charge in [-0.3, -0.25) is 0 Å². The quantitative estimate of drug-likeness (QED) is 0.683.